The van der Waals surface area contributed by atoms with Crippen molar-refractivity contribution in [3.63, 3.8) is 0 Å². The average Bonchev–Trinajstić information content (AvgIpc) is 2.91. The van der Waals surface area contributed by atoms with E-state index in [0.717, 1.165) is 31.2 Å². The molecule has 1 heterocycles. The van der Waals surface area contributed by atoms with E-state index in [2.05, 4.69) is 0 Å². The van der Waals surface area contributed by atoms with Crippen LogP contribution < -0.4 is 10.5 Å². The third kappa shape index (κ3) is 2.56. The predicted octanol–water partition coefficient (Wildman–Crippen LogP) is 2.05. The molecule has 1 saturated carbocycles. The maximum Gasteiger partial charge on any atom is 0.158 e. The summed E-state index contributed by atoms with van der Waals surface area (Å²) in [5.41, 5.74) is 7.00. The van der Waals surface area contributed by atoms with E-state index in [1.807, 2.05) is 24.3 Å². The quantitative estimate of drug-likeness (QED) is 0.926. The second kappa shape index (κ2) is 5.37. The molecule has 2 atom stereocenters. The van der Waals surface area contributed by atoms with E-state index in [9.17, 15) is 8.42 Å². The van der Waals surface area contributed by atoms with Crippen molar-refractivity contribution in [1.29, 1.82) is 0 Å². The van der Waals surface area contributed by atoms with Gasteiger partial charge >= 0.3 is 0 Å². The number of para-hydroxylation sites is 1. The molecular formula is C15H21NO3S. The molecule has 1 aliphatic carbocycles. The fourth-order valence-electron chi connectivity index (χ4n) is 3.32. The molecule has 4 nitrogen and oxygen atoms in total. The van der Waals surface area contributed by atoms with Crippen LogP contribution in [0.5, 0.6) is 5.75 Å². The minimum Gasteiger partial charge on any atom is -0.492 e. The highest BCUT2D eigenvalue weighted by Crippen LogP contribution is 2.35. The Hall–Kier alpha value is -1.07. The van der Waals surface area contributed by atoms with E-state index < -0.39 is 21.1 Å². The Morgan fingerprint density at radius 1 is 1.20 bits per heavy atom. The number of rotatable bonds is 3. The summed E-state index contributed by atoms with van der Waals surface area (Å²) in [4.78, 5) is 0. The molecule has 2 unspecified atom stereocenters. The molecule has 2 aliphatic rings. The van der Waals surface area contributed by atoms with Crippen LogP contribution in [0.1, 0.15) is 37.3 Å². The Labute approximate surface area is 120 Å². The number of fused-ring (bicyclic) bond motifs is 1. The van der Waals surface area contributed by atoms with Gasteiger partial charge in [0.1, 0.15) is 17.6 Å². The van der Waals surface area contributed by atoms with Crippen LogP contribution in [0.2, 0.25) is 0 Å². The molecule has 1 aliphatic heterocycles. The highest BCUT2D eigenvalue weighted by Gasteiger charge is 2.38. The van der Waals surface area contributed by atoms with Crippen molar-refractivity contribution in [1.82, 2.24) is 0 Å². The van der Waals surface area contributed by atoms with Crippen molar-refractivity contribution >= 4 is 9.84 Å². The molecule has 110 valence electrons. The fraction of sp³-hybridized carbons (Fsp3) is 0.600. The average molecular weight is 295 g/mol. The zero-order valence-electron chi connectivity index (χ0n) is 11.5. The summed E-state index contributed by atoms with van der Waals surface area (Å²) < 4.78 is 30.8. The molecule has 3 rings (SSSR count). The van der Waals surface area contributed by atoms with Crippen molar-refractivity contribution in [2.45, 2.75) is 37.0 Å². The Balaban J connectivity index is 1.80. The number of hydrogen-bond acceptors (Lipinski definition) is 4. The van der Waals surface area contributed by atoms with Gasteiger partial charge in [-0.15, -0.1) is 0 Å². The minimum absolute atomic E-state index is 0.174. The molecule has 0 bridgehead atoms. The molecule has 20 heavy (non-hydrogen) atoms. The van der Waals surface area contributed by atoms with Crippen LogP contribution in [0.4, 0.5) is 0 Å². The van der Waals surface area contributed by atoms with Crippen molar-refractivity contribution in [3.8, 4) is 5.75 Å². The number of sulfone groups is 1. The molecule has 2 N–H and O–H groups in total. The van der Waals surface area contributed by atoms with Gasteiger partial charge in [0.05, 0.1) is 11.8 Å². The van der Waals surface area contributed by atoms with Crippen LogP contribution in [0.15, 0.2) is 24.3 Å². The summed E-state index contributed by atoms with van der Waals surface area (Å²) in [5, 5.41) is -0.613. The van der Waals surface area contributed by atoms with E-state index in [-0.39, 0.29) is 12.4 Å². The molecule has 0 radical (unpaired) electrons. The lowest BCUT2D eigenvalue weighted by Crippen LogP contribution is -2.43. The lowest BCUT2D eigenvalue weighted by Gasteiger charge is -2.31. The molecular weight excluding hydrogens is 274 g/mol. The Morgan fingerprint density at radius 2 is 1.90 bits per heavy atom. The number of nitrogens with two attached hydrogens (primary N) is 1. The van der Waals surface area contributed by atoms with Crippen molar-refractivity contribution < 1.29 is 13.2 Å². The standard InChI is InChI=1S/C15H21NO3S/c16-15-12-7-3-4-8-13(12)19-9-14(15)20(17,18)10-11-5-1-2-6-11/h3-4,7-8,11,14-15H,1-2,5-6,9-10,16H2. The first-order chi connectivity index (χ1) is 9.58. The Kier molecular flexibility index (Phi) is 3.73. The van der Waals surface area contributed by atoms with Crippen LogP contribution in [-0.2, 0) is 9.84 Å². The normalized spacial score (nSPS) is 27.1. The summed E-state index contributed by atoms with van der Waals surface area (Å²) in [7, 11) is -3.21. The summed E-state index contributed by atoms with van der Waals surface area (Å²) in [5.74, 6) is 1.29. The highest BCUT2D eigenvalue weighted by molar-refractivity contribution is 7.92. The SMILES string of the molecule is NC1c2ccccc2OCC1S(=O)(=O)CC1CCCC1. The summed E-state index contributed by atoms with van der Waals surface area (Å²) in [6, 6.07) is 6.96. The molecule has 0 amide bonds. The molecule has 1 fully saturated rings. The largest absolute Gasteiger partial charge is 0.492 e. The number of ether oxygens (including phenoxy) is 1. The van der Waals surface area contributed by atoms with Crippen molar-refractivity contribution in [2.24, 2.45) is 11.7 Å². The van der Waals surface area contributed by atoms with Crippen LogP contribution in [-0.4, -0.2) is 26.0 Å². The molecule has 5 heteroatoms. The highest BCUT2D eigenvalue weighted by atomic mass is 32.2. The number of benzene rings is 1. The van der Waals surface area contributed by atoms with Gasteiger partial charge < -0.3 is 10.5 Å². The maximum atomic E-state index is 12.6. The van der Waals surface area contributed by atoms with Crippen LogP contribution in [0.3, 0.4) is 0 Å². The second-order valence-corrected chi connectivity index (χ2v) is 8.16. The Bertz CT molecular complexity index is 579. The Morgan fingerprint density at radius 3 is 2.65 bits per heavy atom. The summed E-state index contributed by atoms with van der Waals surface area (Å²) >= 11 is 0. The molecule has 0 saturated heterocycles. The third-order valence-corrected chi connectivity index (χ3v) is 6.77. The third-order valence-electron chi connectivity index (χ3n) is 4.49. The molecule has 0 spiro atoms. The van der Waals surface area contributed by atoms with Crippen LogP contribution in [0, 0.1) is 5.92 Å². The zero-order chi connectivity index (χ0) is 14.2. The lowest BCUT2D eigenvalue weighted by atomic mass is 10.0. The zero-order valence-corrected chi connectivity index (χ0v) is 12.3. The van der Waals surface area contributed by atoms with Crippen LogP contribution >= 0.6 is 0 Å². The minimum atomic E-state index is -3.21. The van der Waals surface area contributed by atoms with Crippen molar-refractivity contribution in [3.05, 3.63) is 29.8 Å². The van der Waals surface area contributed by atoms with Gasteiger partial charge in [0.25, 0.3) is 0 Å². The van der Waals surface area contributed by atoms with Gasteiger partial charge in [-0.25, -0.2) is 8.42 Å². The number of hydrogen-bond donors (Lipinski definition) is 1. The monoisotopic (exact) mass is 295 g/mol. The van der Waals surface area contributed by atoms with Crippen LogP contribution in [0.25, 0.3) is 0 Å². The van der Waals surface area contributed by atoms with Gasteiger partial charge in [-0.2, -0.15) is 0 Å². The van der Waals surface area contributed by atoms with Gasteiger partial charge in [0.15, 0.2) is 9.84 Å². The van der Waals surface area contributed by atoms with E-state index in [1.165, 1.54) is 0 Å². The lowest BCUT2D eigenvalue weighted by molar-refractivity contribution is 0.270. The second-order valence-electron chi connectivity index (χ2n) is 5.89. The van der Waals surface area contributed by atoms with Gasteiger partial charge in [-0.05, 0) is 24.8 Å². The van der Waals surface area contributed by atoms with E-state index >= 15 is 0 Å². The topological polar surface area (TPSA) is 69.4 Å². The van der Waals surface area contributed by atoms with Gasteiger partial charge in [-0.1, -0.05) is 31.0 Å². The first kappa shape index (κ1) is 13.9. The summed E-state index contributed by atoms with van der Waals surface area (Å²) in [6.45, 7) is 0.174. The van der Waals surface area contributed by atoms with E-state index in [4.69, 9.17) is 10.5 Å². The molecule has 1 aromatic carbocycles. The van der Waals surface area contributed by atoms with E-state index in [1.54, 1.807) is 0 Å². The predicted molar refractivity (Wildman–Crippen MR) is 78.4 cm³/mol. The molecule has 0 aromatic heterocycles. The summed E-state index contributed by atoms with van der Waals surface area (Å²) in [6.07, 6.45) is 4.35. The van der Waals surface area contributed by atoms with E-state index in [0.29, 0.717) is 11.7 Å². The molecule has 1 aromatic rings. The first-order valence-corrected chi connectivity index (χ1v) is 8.98. The smallest absolute Gasteiger partial charge is 0.158 e. The van der Waals surface area contributed by atoms with Gasteiger partial charge in [0.2, 0.25) is 0 Å². The maximum absolute atomic E-state index is 12.6. The fourth-order valence-corrected chi connectivity index (χ4v) is 5.43. The van der Waals surface area contributed by atoms with Gasteiger partial charge in [0, 0.05) is 5.56 Å². The van der Waals surface area contributed by atoms with Crippen molar-refractivity contribution in [2.75, 3.05) is 12.4 Å². The first-order valence-electron chi connectivity index (χ1n) is 7.27. The van der Waals surface area contributed by atoms with Gasteiger partial charge in [-0.3, -0.25) is 0 Å².